The molecule has 1 aliphatic heterocycles. The molecule has 1 fully saturated rings. The number of aliphatic hydroxyl groups is 1. The summed E-state index contributed by atoms with van der Waals surface area (Å²) in [6, 6.07) is 0. The summed E-state index contributed by atoms with van der Waals surface area (Å²) in [4.78, 5) is 5.31. The minimum absolute atomic E-state index is 0.319. The molecule has 2 heterocycles. The maximum absolute atomic E-state index is 8.58. The Labute approximate surface area is 109 Å². The van der Waals surface area contributed by atoms with Crippen molar-refractivity contribution >= 4 is 5.71 Å². The van der Waals surface area contributed by atoms with Crippen molar-refractivity contribution in [3.05, 3.63) is 23.5 Å². The van der Waals surface area contributed by atoms with Crippen LogP contribution in [0, 0.1) is 5.41 Å². The summed E-state index contributed by atoms with van der Waals surface area (Å²) in [5.74, 6) is 0. The Balaban J connectivity index is 0.000000134. The number of rotatable bonds is 2. The third-order valence-electron chi connectivity index (χ3n) is 3.67. The predicted octanol–water partition coefficient (Wildman–Crippen LogP) is 1.79. The van der Waals surface area contributed by atoms with Crippen molar-refractivity contribution in [2.24, 2.45) is 0 Å². The van der Waals surface area contributed by atoms with E-state index >= 15 is 0 Å². The van der Waals surface area contributed by atoms with Gasteiger partial charge in [0.05, 0.1) is 6.61 Å². The number of aromatic nitrogens is 1. The molecule has 2 aliphatic rings. The number of piperidine rings is 1. The lowest BCUT2D eigenvalue weighted by molar-refractivity contribution is 0.173. The van der Waals surface area contributed by atoms with Gasteiger partial charge in [-0.2, -0.15) is 0 Å². The Kier molecular flexibility index (Phi) is 4.96. The summed E-state index contributed by atoms with van der Waals surface area (Å²) in [6.45, 7) is 3.58. The van der Waals surface area contributed by atoms with Crippen LogP contribution in [0.15, 0.2) is 12.4 Å². The molecule has 0 aromatic carbocycles. The lowest BCUT2D eigenvalue weighted by atomic mass is 10.1. The van der Waals surface area contributed by atoms with Crippen molar-refractivity contribution in [3.8, 4) is 0 Å². The molecule has 1 aromatic rings. The van der Waals surface area contributed by atoms with Crippen LogP contribution in [-0.4, -0.2) is 46.9 Å². The number of hydrogen-bond donors (Lipinski definition) is 3. The summed E-state index contributed by atoms with van der Waals surface area (Å²) in [7, 11) is 0. The third kappa shape index (κ3) is 3.43. The summed E-state index contributed by atoms with van der Waals surface area (Å²) in [5, 5.41) is 16.0. The largest absolute Gasteiger partial charge is 0.395 e. The Hall–Kier alpha value is -1.13. The van der Waals surface area contributed by atoms with Gasteiger partial charge in [-0.15, -0.1) is 0 Å². The first-order valence-electron chi connectivity index (χ1n) is 6.88. The Morgan fingerprint density at radius 1 is 1.17 bits per heavy atom. The summed E-state index contributed by atoms with van der Waals surface area (Å²) in [6.07, 6.45) is 9.89. The van der Waals surface area contributed by atoms with Crippen LogP contribution in [0.4, 0.5) is 0 Å². The second kappa shape index (κ2) is 6.71. The number of H-pyrrole nitrogens is 1. The number of nitrogens with one attached hydrogen (secondary N) is 2. The molecule has 1 saturated heterocycles. The Bertz CT molecular complexity index is 377. The van der Waals surface area contributed by atoms with Crippen LogP contribution in [0.2, 0.25) is 0 Å². The fourth-order valence-corrected chi connectivity index (χ4v) is 2.60. The highest BCUT2D eigenvalue weighted by Gasteiger charge is 2.15. The zero-order valence-corrected chi connectivity index (χ0v) is 10.9. The molecule has 4 nitrogen and oxygen atoms in total. The van der Waals surface area contributed by atoms with Crippen LogP contribution in [0.1, 0.15) is 36.8 Å². The molecular formula is C14H23N3O. The first-order chi connectivity index (χ1) is 8.81. The highest BCUT2D eigenvalue weighted by molar-refractivity contribution is 6.02. The monoisotopic (exact) mass is 249 g/mol. The second-order valence-corrected chi connectivity index (χ2v) is 5.00. The summed E-state index contributed by atoms with van der Waals surface area (Å²) < 4.78 is 0. The van der Waals surface area contributed by atoms with Gasteiger partial charge in [0.15, 0.2) is 0 Å². The van der Waals surface area contributed by atoms with Gasteiger partial charge < -0.3 is 20.4 Å². The molecular weight excluding hydrogens is 226 g/mol. The predicted molar refractivity (Wildman–Crippen MR) is 73.3 cm³/mol. The molecule has 3 rings (SSSR count). The first-order valence-corrected chi connectivity index (χ1v) is 6.88. The zero-order valence-electron chi connectivity index (χ0n) is 10.9. The van der Waals surface area contributed by atoms with E-state index in [1.165, 1.54) is 37.9 Å². The van der Waals surface area contributed by atoms with Gasteiger partial charge in [0.25, 0.3) is 0 Å². The fraction of sp³-hybridized carbons (Fsp3) is 0.643. The van der Waals surface area contributed by atoms with Gasteiger partial charge in [-0.3, -0.25) is 0 Å². The minimum atomic E-state index is 0.319. The van der Waals surface area contributed by atoms with E-state index in [9.17, 15) is 0 Å². The van der Waals surface area contributed by atoms with Crippen LogP contribution >= 0.6 is 0 Å². The summed E-state index contributed by atoms with van der Waals surface area (Å²) >= 11 is 0. The van der Waals surface area contributed by atoms with Gasteiger partial charge in [0.2, 0.25) is 0 Å². The number of likely N-dealkylation sites (tertiary alicyclic amines) is 1. The van der Waals surface area contributed by atoms with E-state index in [2.05, 4.69) is 9.88 Å². The van der Waals surface area contributed by atoms with Crippen molar-refractivity contribution < 1.29 is 5.11 Å². The molecule has 0 amide bonds. The minimum Gasteiger partial charge on any atom is -0.395 e. The van der Waals surface area contributed by atoms with Gasteiger partial charge in [-0.1, -0.05) is 6.42 Å². The number of aliphatic hydroxyl groups excluding tert-OH is 1. The van der Waals surface area contributed by atoms with Crippen molar-refractivity contribution in [2.45, 2.75) is 32.1 Å². The topological polar surface area (TPSA) is 63.1 Å². The van der Waals surface area contributed by atoms with Gasteiger partial charge in [-0.05, 0) is 44.3 Å². The van der Waals surface area contributed by atoms with Gasteiger partial charge in [-0.25, -0.2) is 0 Å². The quantitative estimate of drug-likeness (QED) is 0.748. The van der Waals surface area contributed by atoms with Crippen LogP contribution < -0.4 is 0 Å². The lowest BCUT2D eigenvalue weighted by Crippen LogP contribution is -2.31. The summed E-state index contributed by atoms with van der Waals surface area (Å²) in [5.41, 5.74) is 3.21. The van der Waals surface area contributed by atoms with Crippen molar-refractivity contribution in [1.82, 2.24) is 9.88 Å². The molecule has 0 saturated carbocycles. The van der Waals surface area contributed by atoms with Crippen molar-refractivity contribution in [3.63, 3.8) is 0 Å². The zero-order chi connectivity index (χ0) is 12.8. The highest BCUT2D eigenvalue weighted by Crippen LogP contribution is 2.20. The van der Waals surface area contributed by atoms with Gasteiger partial charge in [0.1, 0.15) is 0 Å². The molecule has 4 heteroatoms. The maximum Gasteiger partial charge on any atom is 0.0558 e. The molecule has 100 valence electrons. The molecule has 0 radical (unpaired) electrons. The van der Waals surface area contributed by atoms with Crippen LogP contribution in [0.5, 0.6) is 0 Å². The number of aryl methyl sites for hydroxylation is 1. The standard InChI is InChI=1S/C7H8N2.C7H15NO/c8-7-2-1-5-3-9-4-6(5)7;9-7-6-8-4-2-1-3-5-8/h3-4,8-9H,1-2H2;9H,1-7H2. The normalized spacial score (nSPS) is 19.3. The van der Waals surface area contributed by atoms with Gasteiger partial charge in [0, 0.05) is 30.2 Å². The second-order valence-electron chi connectivity index (χ2n) is 5.00. The average molecular weight is 249 g/mol. The first kappa shape index (κ1) is 13.3. The highest BCUT2D eigenvalue weighted by atomic mass is 16.3. The molecule has 0 bridgehead atoms. The van der Waals surface area contributed by atoms with Crippen LogP contribution in [0.25, 0.3) is 0 Å². The molecule has 0 unspecified atom stereocenters. The molecule has 18 heavy (non-hydrogen) atoms. The van der Waals surface area contributed by atoms with E-state index in [4.69, 9.17) is 10.5 Å². The molecule has 1 aromatic heterocycles. The van der Waals surface area contributed by atoms with E-state index in [-0.39, 0.29) is 0 Å². The molecule has 1 aliphatic carbocycles. The average Bonchev–Trinajstić information content (AvgIpc) is 2.98. The van der Waals surface area contributed by atoms with Crippen LogP contribution in [-0.2, 0) is 6.42 Å². The fourth-order valence-electron chi connectivity index (χ4n) is 2.60. The number of β-amino-alcohol motifs (C(OH)–C–C–N with tert-alkyl or cyclic N) is 1. The number of fused-ring (bicyclic) bond motifs is 1. The lowest BCUT2D eigenvalue weighted by Gasteiger charge is -2.25. The molecule has 0 atom stereocenters. The smallest absolute Gasteiger partial charge is 0.0558 e. The van der Waals surface area contributed by atoms with Crippen molar-refractivity contribution in [1.29, 1.82) is 5.41 Å². The van der Waals surface area contributed by atoms with E-state index in [0.29, 0.717) is 6.61 Å². The maximum atomic E-state index is 8.58. The van der Waals surface area contributed by atoms with E-state index in [0.717, 1.165) is 30.7 Å². The Morgan fingerprint density at radius 3 is 2.61 bits per heavy atom. The number of hydrogen-bond acceptors (Lipinski definition) is 3. The SMILES string of the molecule is N=C1CCc2c[nH]cc21.OCCN1CCCCC1. The van der Waals surface area contributed by atoms with E-state index in [1.807, 2.05) is 12.4 Å². The Morgan fingerprint density at radius 2 is 1.94 bits per heavy atom. The van der Waals surface area contributed by atoms with Crippen molar-refractivity contribution in [2.75, 3.05) is 26.2 Å². The van der Waals surface area contributed by atoms with Crippen LogP contribution in [0.3, 0.4) is 0 Å². The van der Waals surface area contributed by atoms with E-state index in [1.54, 1.807) is 0 Å². The number of nitrogens with zero attached hydrogens (tertiary/aromatic N) is 1. The van der Waals surface area contributed by atoms with Gasteiger partial charge >= 0.3 is 0 Å². The third-order valence-corrected chi connectivity index (χ3v) is 3.67. The molecule has 3 N–H and O–H groups in total. The van der Waals surface area contributed by atoms with E-state index < -0.39 is 0 Å². The number of aromatic amines is 1. The molecule has 0 spiro atoms.